The lowest BCUT2D eigenvalue weighted by Crippen LogP contribution is -2.08. The molecule has 2 N–H and O–H groups in total. The molecule has 0 unspecified atom stereocenters. The van der Waals surface area contributed by atoms with E-state index in [-0.39, 0.29) is 0 Å². The van der Waals surface area contributed by atoms with E-state index in [0.717, 1.165) is 22.1 Å². The number of halogens is 1. The third kappa shape index (κ3) is 2.84. The number of hydrogen-bond donors (Lipinski definition) is 1. The lowest BCUT2D eigenvalue weighted by molar-refractivity contribution is 1.23. The highest BCUT2D eigenvalue weighted by Gasteiger charge is 1.97. The Hall–Kier alpha value is -0.830. The van der Waals surface area contributed by atoms with E-state index in [1.807, 2.05) is 32.0 Å². The molecule has 0 atom stereocenters. The summed E-state index contributed by atoms with van der Waals surface area (Å²) in [6, 6.07) is 5.99. The number of aliphatic imine (C=N–C) groups is 1. The second-order valence-electron chi connectivity index (χ2n) is 2.89. The largest absolute Gasteiger partial charge is 0.387 e. The number of amidine groups is 1. The third-order valence-corrected chi connectivity index (χ3v) is 2.29. The fourth-order valence-electron chi connectivity index (χ4n) is 0.937. The van der Waals surface area contributed by atoms with Crippen molar-refractivity contribution < 1.29 is 0 Å². The van der Waals surface area contributed by atoms with Crippen molar-refractivity contribution >= 4 is 27.5 Å². The van der Waals surface area contributed by atoms with Crippen LogP contribution >= 0.6 is 15.9 Å². The van der Waals surface area contributed by atoms with Crippen LogP contribution in [0.2, 0.25) is 0 Å². The van der Waals surface area contributed by atoms with Gasteiger partial charge in [-0.3, -0.25) is 0 Å². The molecule has 0 aliphatic heterocycles. The predicted molar refractivity (Wildman–Crippen MR) is 60.5 cm³/mol. The highest BCUT2D eigenvalue weighted by atomic mass is 79.9. The number of nitrogens with two attached hydrogens (primary N) is 1. The van der Waals surface area contributed by atoms with Crippen molar-refractivity contribution in [3.05, 3.63) is 28.2 Å². The molecule has 0 saturated carbocycles. The van der Waals surface area contributed by atoms with Crippen LogP contribution in [0.3, 0.4) is 0 Å². The van der Waals surface area contributed by atoms with Crippen LogP contribution in [-0.4, -0.2) is 5.84 Å². The maximum atomic E-state index is 5.66. The first kappa shape index (κ1) is 10.3. The van der Waals surface area contributed by atoms with Crippen LogP contribution in [0.15, 0.2) is 27.7 Å². The lowest BCUT2D eigenvalue weighted by Gasteiger charge is -2.01. The van der Waals surface area contributed by atoms with E-state index in [4.69, 9.17) is 5.73 Å². The molecule has 2 nitrogen and oxygen atoms in total. The van der Waals surface area contributed by atoms with Gasteiger partial charge < -0.3 is 5.73 Å². The van der Waals surface area contributed by atoms with Crippen molar-refractivity contribution in [3.8, 4) is 0 Å². The zero-order chi connectivity index (χ0) is 9.84. The predicted octanol–water partition coefficient (Wildman–Crippen LogP) is 3.16. The standard InChI is InChI=1S/C10H13BrN2/c1-3-10(12)13-9-6-8(11)5-4-7(9)2/h4-6H,3H2,1-2H3,(H2,12,13). The molecule has 0 heterocycles. The van der Waals surface area contributed by atoms with Crippen LogP contribution in [0.25, 0.3) is 0 Å². The third-order valence-electron chi connectivity index (χ3n) is 1.80. The Bertz CT molecular complexity index is 332. The molecule has 1 rings (SSSR count). The summed E-state index contributed by atoms with van der Waals surface area (Å²) in [4.78, 5) is 4.30. The molecule has 0 fully saturated rings. The Labute approximate surface area is 87.0 Å². The van der Waals surface area contributed by atoms with E-state index in [1.165, 1.54) is 0 Å². The van der Waals surface area contributed by atoms with Crippen molar-refractivity contribution in [2.45, 2.75) is 20.3 Å². The summed E-state index contributed by atoms with van der Waals surface area (Å²) in [6.45, 7) is 4.01. The fraction of sp³-hybridized carbons (Fsp3) is 0.300. The van der Waals surface area contributed by atoms with E-state index < -0.39 is 0 Å². The highest BCUT2D eigenvalue weighted by molar-refractivity contribution is 9.10. The quantitative estimate of drug-likeness (QED) is 0.626. The molecule has 0 bridgehead atoms. The zero-order valence-electron chi connectivity index (χ0n) is 7.84. The average Bonchev–Trinajstić information content (AvgIpc) is 2.11. The molecule has 1 aromatic carbocycles. The van der Waals surface area contributed by atoms with E-state index >= 15 is 0 Å². The molecule has 0 aromatic heterocycles. The average molecular weight is 241 g/mol. The molecule has 0 aliphatic carbocycles. The Morgan fingerprint density at radius 1 is 1.54 bits per heavy atom. The smallest absolute Gasteiger partial charge is 0.0993 e. The lowest BCUT2D eigenvalue weighted by atomic mass is 10.2. The van der Waals surface area contributed by atoms with Gasteiger partial charge in [-0.25, -0.2) is 4.99 Å². The van der Waals surface area contributed by atoms with Gasteiger partial charge in [-0.1, -0.05) is 28.9 Å². The monoisotopic (exact) mass is 240 g/mol. The SMILES string of the molecule is CCC(N)=Nc1cc(Br)ccc1C. The minimum absolute atomic E-state index is 0.668. The first-order valence-electron chi connectivity index (χ1n) is 4.22. The summed E-state index contributed by atoms with van der Waals surface area (Å²) < 4.78 is 1.03. The number of hydrogen-bond acceptors (Lipinski definition) is 1. The van der Waals surface area contributed by atoms with Gasteiger partial charge in [0.15, 0.2) is 0 Å². The molecule has 0 saturated heterocycles. The van der Waals surface area contributed by atoms with Crippen LogP contribution in [0.4, 0.5) is 5.69 Å². The van der Waals surface area contributed by atoms with Crippen molar-refractivity contribution in [2.24, 2.45) is 10.7 Å². The van der Waals surface area contributed by atoms with Gasteiger partial charge in [0, 0.05) is 10.9 Å². The van der Waals surface area contributed by atoms with Crippen LogP contribution in [0, 0.1) is 6.92 Å². The summed E-state index contributed by atoms with van der Waals surface area (Å²) in [5.41, 5.74) is 7.74. The minimum Gasteiger partial charge on any atom is -0.387 e. The summed E-state index contributed by atoms with van der Waals surface area (Å²) in [5, 5.41) is 0. The molecule has 0 amide bonds. The summed E-state index contributed by atoms with van der Waals surface area (Å²) in [7, 11) is 0. The minimum atomic E-state index is 0.668. The second kappa shape index (κ2) is 4.42. The summed E-state index contributed by atoms with van der Waals surface area (Å²) in [6.07, 6.45) is 0.784. The van der Waals surface area contributed by atoms with Gasteiger partial charge in [-0.05, 0) is 24.6 Å². The Balaban J connectivity index is 3.07. The molecule has 1 aromatic rings. The van der Waals surface area contributed by atoms with Gasteiger partial charge in [0.2, 0.25) is 0 Å². The van der Waals surface area contributed by atoms with E-state index in [2.05, 4.69) is 20.9 Å². The molecular weight excluding hydrogens is 228 g/mol. The maximum Gasteiger partial charge on any atom is 0.0993 e. The highest BCUT2D eigenvalue weighted by Crippen LogP contribution is 2.23. The molecule has 0 radical (unpaired) electrons. The van der Waals surface area contributed by atoms with E-state index in [0.29, 0.717) is 5.84 Å². The fourth-order valence-corrected chi connectivity index (χ4v) is 1.29. The second-order valence-corrected chi connectivity index (χ2v) is 3.80. The number of rotatable bonds is 2. The van der Waals surface area contributed by atoms with E-state index in [1.54, 1.807) is 0 Å². The van der Waals surface area contributed by atoms with Crippen LogP contribution in [0.5, 0.6) is 0 Å². The molecule has 0 aliphatic rings. The first-order valence-corrected chi connectivity index (χ1v) is 5.02. The summed E-state index contributed by atoms with van der Waals surface area (Å²) in [5.74, 6) is 0.668. The zero-order valence-corrected chi connectivity index (χ0v) is 9.43. The molecular formula is C10H13BrN2. The summed E-state index contributed by atoms with van der Waals surface area (Å²) >= 11 is 3.40. The van der Waals surface area contributed by atoms with Crippen molar-refractivity contribution in [1.29, 1.82) is 0 Å². The molecule has 70 valence electrons. The Morgan fingerprint density at radius 2 is 2.23 bits per heavy atom. The van der Waals surface area contributed by atoms with Crippen molar-refractivity contribution in [1.82, 2.24) is 0 Å². The first-order chi connectivity index (χ1) is 6.13. The molecule has 0 spiro atoms. The molecule has 3 heteroatoms. The Morgan fingerprint density at radius 3 is 2.85 bits per heavy atom. The Kier molecular flexibility index (Phi) is 3.48. The molecule has 13 heavy (non-hydrogen) atoms. The topological polar surface area (TPSA) is 38.4 Å². The van der Waals surface area contributed by atoms with Crippen LogP contribution in [-0.2, 0) is 0 Å². The number of benzene rings is 1. The van der Waals surface area contributed by atoms with Gasteiger partial charge in [0.1, 0.15) is 0 Å². The maximum absolute atomic E-state index is 5.66. The van der Waals surface area contributed by atoms with Gasteiger partial charge >= 0.3 is 0 Å². The van der Waals surface area contributed by atoms with Crippen LogP contribution in [0.1, 0.15) is 18.9 Å². The van der Waals surface area contributed by atoms with Gasteiger partial charge in [-0.15, -0.1) is 0 Å². The number of aryl methyl sites for hydroxylation is 1. The van der Waals surface area contributed by atoms with Gasteiger partial charge in [-0.2, -0.15) is 0 Å². The van der Waals surface area contributed by atoms with Crippen LogP contribution < -0.4 is 5.73 Å². The van der Waals surface area contributed by atoms with Gasteiger partial charge in [0.05, 0.1) is 11.5 Å². The number of nitrogens with zero attached hydrogens (tertiary/aromatic N) is 1. The van der Waals surface area contributed by atoms with Crippen molar-refractivity contribution in [3.63, 3.8) is 0 Å². The van der Waals surface area contributed by atoms with Gasteiger partial charge in [0.25, 0.3) is 0 Å². The van der Waals surface area contributed by atoms with Crippen molar-refractivity contribution in [2.75, 3.05) is 0 Å². The normalized spacial score (nSPS) is 11.8. The van der Waals surface area contributed by atoms with E-state index in [9.17, 15) is 0 Å².